The Morgan fingerprint density at radius 1 is 1.17 bits per heavy atom. The van der Waals surface area contributed by atoms with E-state index in [1.165, 1.54) is 7.11 Å². The summed E-state index contributed by atoms with van der Waals surface area (Å²) < 4.78 is 9.98. The van der Waals surface area contributed by atoms with Crippen LogP contribution in [0.4, 0.5) is 0 Å². The standard InChI is InChI=1S/C14H15NO3/c1-9-4-7-13(17-2)10(8-9)11-5-6-12(15-11)14(16)18-3/h4-8,15H,1-3H3. The van der Waals surface area contributed by atoms with E-state index in [0.29, 0.717) is 5.69 Å². The Morgan fingerprint density at radius 2 is 1.94 bits per heavy atom. The van der Waals surface area contributed by atoms with Gasteiger partial charge in [0.1, 0.15) is 11.4 Å². The molecule has 0 saturated carbocycles. The van der Waals surface area contributed by atoms with E-state index < -0.39 is 0 Å². The topological polar surface area (TPSA) is 51.3 Å². The first-order chi connectivity index (χ1) is 8.65. The van der Waals surface area contributed by atoms with Gasteiger partial charge in [-0.25, -0.2) is 4.79 Å². The summed E-state index contributed by atoms with van der Waals surface area (Å²) in [5.41, 5.74) is 3.31. The largest absolute Gasteiger partial charge is 0.496 e. The molecule has 4 nitrogen and oxygen atoms in total. The third kappa shape index (κ3) is 2.22. The number of hydrogen-bond donors (Lipinski definition) is 1. The van der Waals surface area contributed by atoms with Crippen LogP contribution in [0.25, 0.3) is 11.3 Å². The van der Waals surface area contributed by atoms with Crippen molar-refractivity contribution in [3.8, 4) is 17.0 Å². The maximum atomic E-state index is 11.4. The lowest BCUT2D eigenvalue weighted by atomic mass is 10.1. The second-order valence-corrected chi connectivity index (χ2v) is 3.98. The first-order valence-corrected chi connectivity index (χ1v) is 5.58. The van der Waals surface area contributed by atoms with E-state index in [4.69, 9.17) is 4.74 Å². The minimum atomic E-state index is -0.382. The molecule has 0 unspecified atom stereocenters. The van der Waals surface area contributed by atoms with Gasteiger partial charge in [-0.3, -0.25) is 0 Å². The Balaban J connectivity index is 2.45. The smallest absolute Gasteiger partial charge is 0.354 e. The maximum absolute atomic E-state index is 11.4. The summed E-state index contributed by atoms with van der Waals surface area (Å²) in [5, 5.41) is 0. The highest BCUT2D eigenvalue weighted by atomic mass is 16.5. The van der Waals surface area contributed by atoms with E-state index in [0.717, 1.165) is 22.6 Å². The summed E-state index contributed by atoms with van der Waals surface area (Å²) in [5.74, 6) is 0.381. The summed E-state index contributed by atoms with van der Waals surface area (Å²) in [4.78, 5) is 14.4. The number of H-pyrrole nitrogens is 1. The van der Waals surface area contributed by atoms with Gasteiger partial charge in [0, 0.05) is 11.3 Å². The van der Waals surface area contributed by atoms with Gasteiger partial charge in [0.15, 0.2) is 0 Å². The van der Waals surface area contributed by atoms with Crippen molar-refractivity contribution in [2.24, 2.45) is 0 Å². The quantitative estimate of drug-likeness (QED) is 0.846. The number of aryl methyl sites for hydroxylation is 1. The molecular formula is C14H15NO3. The van der Waals surface area contributed by atoms with Crippen molar-refractivity contribution >= 4 is 5.97 Å². The van der Waals surface area contributed by atoms with E-state index in [1.54, 1.807) is 13.2 Å². The molecule has 1 heterocycles. The van der Waals surface area contributed by atoms with Crippen LogP contribution in [0.1, 0.15) is 16.1 Å². The number of aromatic amines is 1. The summed E-state index contributed by atoms with van der Waals surface area (Å²) in [6, 6.07) is 9.42. The van der Waals surface area contributed by atoms with Crippen molar-refractivity contribution in [1.82, 2.24) is 4.98 Å². The Hall–Kier alpha value is -2.23. The first-order valence-electron chi connectivity index (χ1n) is 5.58. The van der Waals surface area contributed by atoms with E-state index >= 15 is 0 Å². The van der Waals surface area contributed by atoms with Gasteiger partial charge in [-0.05, 0) is 31.2 Å². The number of ether oxygens (including phenoxy) is 2. The second-order valence-electron chi connectivity index (χ2n) is 3.98. The molecule has 4 heteroatoms. The Labute approximate surface area is 106 Å². The molecule has 18 heavy (non-hydrogen) atoms. The Morgan fingerprint density at radius 3 is 2.61 bits per heavy atom. The van der Waals surface area contributed by atoms with Crippen molar-refractivity contribution in [2.45, 2.75) is 6.92 Å². The zero-order valence-corrected chi connectivity index (χ0v) is 10.6. The van der Waals surface area contributed by atoms with Crippen LogP contribution < -0.4 is 4.74 Å². The predicted molar refractivity (Wildman–Crippen MR) is 68.9 cm³/mol. The molecule has 0 saturated heterocycles. The van der Waals surface area contributed by atoms with Crippen molar-refractivity contribution < 1.29 is 14.3 Å². The van der Waals surface area contributed by atoms with Crippen LogP contribution in [-0.4, -0.2) is 25.2 Å². The van der Waals surface area contributed by atoms with E-state index in [2.05, 4.69) is 9.72 Å². The van der Waals surface area contributed by atoms with Gasteiger partial charge >= 0.3 is 5.97 Å². The highest BCUT2D eigenvalue weighted by Crippen LogP contribution is 2.30. The van der Waals surface area contributed by atoms with E-state index in [-0.39, 0.29) is 5.97 Å². The predicted octanol–water partition coefficient (Wildman–Crippen LogP) is 2.79. The number of methoxy groups -OCH3 is 2. The summed E-state index contributed by atoms with van der Waals surface area (Å²) in [6.07, 6.45) is 0. The lowest BCUT2D eigenvalue weighted by Crippen LogP contribution is -2.01. The van der Waals surface area contributed by atoms with Crippen LogP contribution in [0.3, 0.4) is 0 Å². The SMILES string of the molecule is COC(=O)c1ccc(-c2cc(C)ccc2OC)[nH]1. The fraction of sp³-hybridized carbons (Fsp3) is 0.214. The number of nitrogens with one attached hydrogen (secondary N) is 1. The summed E-state index contributed by atoms with van der Waals surface area (Å²) in [7, 11) is 2.98. The molecule has 0 fully saturated rings. The van der Waals surface area contributed by atoms with Crippen molar-refractivity contribution in [1.29, 1.82) is 0 Å². The minimum Gasteiger partial charge on any atom is -0.496 e. The van der Waals surface area contributed by atoms with Crippen molar-refractivity contribution in [3.05, 3.63) is 41.6 Å². The van der Waals surface area contributed by atoms with Gasteiger partial charge in [0.2, 0.25) is 0 Å². The highest BCUT2D eigenvalue weighted by Gasteiger charge is 2.12. The van der Waals surface area contributed by atoms with Crippen LogP contribution in [0.5, 0.6) is 5.75 Å². The fourth-order valence-corrected chi connectivity index (χ4v) is 1.81. The first kappa shape index (κ1) is 12.2. The molecule has 1 aromatic carbocycles. The zero-order chi connectivity index (χ0) is 13.1. The van der Waals surface area contributed by atoms with Gasteiger partial charge < -0.3 is 14.5 Å². The molecule has 0 spiro atoms. The summed E-state index contributed by atoms with van der Waals surface area (Å²) in [6.45, 7) is 2.01. The summed E-state index contributed by atoms with van der Waals surface area (Å²) >= 11 is 0. The van der Waals surface area contributed by atoms with Crippen LogP contribution >= 0.6 is 0 Å². The normalized spacial score (nSPS) is 10.2. The average molecular weight is 245 g/mol. The minimum absolute atomic E-state index is 0.382. The van der Waals surface area contributed by atoms with Crippen LogP contribution in [0, 0.1) is 6.92 Å². The van der Waals surface area contributed by atoms with Gasteiger partial charge in [-0.1, -0.05) is 11.6 Å². The maximum Gasteiger partial charge on any atom is 0.354 e. The van der Waals surface area contributed by atoms with Gasteiger partial charge in [-0.2, -0.15) is 0 Å². The van der Waals surface area contributed by atoms with Crippen LogP contribution in [-0.2, 0) is 4.74 Å². The molecule has 0 aliphatic heterocycles. The second kappa shape index (κ2) is 4.96. The fourth-order valence-electron chi connectivity index (χ4n) is 1.81. The number of carbonyl (C=O) groups is 1. The molecule has 0 atom stereocenters. The zero-order valence-electron chi connectivity index (χ0n) is 10.6. The lowest BCUT2D eigenvalue weighted by molar-refractivity contribution is 0.0595. The van der Waals surface area contributed by atoms with Crippen molar-refractivity contribution in [2.75, 3.05) is 14.2 Å². The monoisotopic (exact) mass is 245 g/mol. The lowest BCUT2D eigenvalue weighted by Gasteiger charge is -2.07. The van der Waals surface area contributed by atoms with Crippen LogP contribution in [0.15, 0.2) is 30.3 Å². The third-order valence-electron chi connectivity index (χ3n) is 2.74. The molecule has 0 aliphatic rings. The molecule has 1 aromatic heterocycles. The van der Waals surface area contributed by atoms with Gasteiger partial charge in [0.05, 0.1) is 14.2 Å². The molecule has 1 N–H and O–H groups in total. The van der Waals surface area contributed by atoms with Gasteiger partial charge in [0.25, 0.3) is 0 Å². The number of aromatic nitrogens is 1. The highest BCUT2D eigenvalue weighted by molar-refractivity contribution is 5.88. The number of esters is 1. The Bertz CT molecular complexity index is 572. The molecule has 0 bridgehead atoms. The molecular weight excluding hydrogens is 230 g/mol. The third-order valence-corrected chi connectivity index (χ3v) is 2.74. The number of benzene rings is 1. The molecule has 0 amide bonds. The van der Waals surface area contributed by atoms with Gasteiger partial charge in [-0.15, -0.1) is 0 Å². The molecule has 2 rings (SSSR count). The molecule has 0 radical (unpaired) electrons. The number of rotatable bonds is 3. The van der Waals surface area contributed by atoms with E-state index in [1.807, 2.05) is 31.2 Å². The molecule has 0 aliphatic carbocycles. The van der Waals surface area contributed by atoms with Crippen molar-refractivity contribution in [3.63, 3.8) is 0 Å². The Kier molecular flexibility index (Phi) is 3.37. The number of hydrogen-bond acceptors (Lipinski definition) is 3. The average Bonchev–Trinajstić information content (AvgIpc) is 2.87. The van der Waals surface area contributed by atoms with Crippen LogP contribution in [0.2, 0.25) is 0 Å². The number of carbonyl (C=O) groups excluding carboxylic acids is 1. The molecule has 2 aromatic rings. The molecule has 94 valence electrons. The van der Waals surface area contributed by atoms with E-state index in [9.17, 15) is 4.79 Å².